The molecule has 0 radical (unpaired) electrons. The zero-order chi connectivity index (χ0) is 14.9. The summed E-state index contributed by atoms with van der Waals surface area (Å²) in [6, 6.07) is 4.88. The van der Waals surface area contributed by atoms with Crippen molar-refractivity contribution in [1.29, 1.82) is 5.26 Å². The van der Waals surface area contributed by atoms with Crippen LogP contribution in [0.2, 0.25) is 0 Å². The minimum atomic E-state index is -1.06. The zero-order valence-corrected chi connectivity index (χ0v) is 12.6. The summed E-state index contributed by atoms with van der Waals surface area (Å²) in [6.07, 6.45) is 1.60. The number of hydrogen-bond acceptors (Lipinski definition) is 3. The highest BCUT2D eigenvalue weighted by atomic mass is 79.9. The molecule has 1 saturated heterocycles. The number of aliphatic carboxylic acids is 1. The highest BCUT2D eigenvalue weighted by Gasteiger charge is 2.47. The van der Waals surface area contributed by atoms with Crippen LogP contribution < -0.4 is 4.90 Å². The highest BCUT2D eigenvalue weighted by molar-refractivity contribution is 9.10. The quantitative estimate of drug-likeness (QED) is 0.916. The molecular weight excluding hydrogens is 327 g/mol. The average molecular weight is 341 g/mol. The minimum absolute atomic E-state index is 0.0831. The first-order valence-electron chi connectivity index (χ1n) is 6.37. The molecule has 1 unspecified atom stereocenters. The molecular formula is C14H14BrFN2O2. The predicted octanol–water partition coefficient (Wildman–Crippen LogP) is 3.29. The highest BCUT2D eigenvalue weighted by Crippen LogP contribution is 2.40. The van der Waals surface area contributed by atoms with Crippen LogP contribution in [0.3, 0.4) is 0 Å². The van der Waals surface area contributed by atoms with E-state index in [0.717, 1.165) is 0 Å². The van der Waals surface area contributed by atoms with Crippen LogP contribution in [0, 0.1) is 17.1 Å². The number of rotatable bonds is 3. The Labute approximate surface area is 124 Å². The van der Waals surface area contributed by atoms with Crippen LogP contribution in [0.5, 0.6) is 0 Å². The molecule has 1 N–H and O–H groups in total. The zero-order valence-electron chi connectivity index (χ0n) is 11.0. The third-order valence-electron chi connectivity index (χ3n) is 3.94. The van der Waals surface area contributed by atoms with E-state index >= 15 is 0 Å². The molecule has 0 spiro atoms. The maximum absolute atomic E-state index is 14.4. The molecule has 1 fully saturated rings. The molecule has 1 heterocycles. The van der Waals surface area contributed by atoms with E-state index in [1.54, 1.807) is 11.8 Å². The molecule has 0 amide bonds. The summed E-state index contributed by atoms with van der Waals surface area (Å²) in [5.41, 5.74) is -0.630. The van der Waals surface area contributed by atoms with Crippen molar-refractivity contribution < 1.29 is 14.3 Å². The van der Waals surface area contributed by atoms with E-state index in [2.05, 4.69) is 15.9 Å². The molecule has 0 aliphatic carbocycles. The van der Waals surface area contributed by atoms with Gasteiger partial charge in [-0.25, -0.2) is 9.18 Å². The van der Waals surface area contributed by atoms with Crippen molar-refractivity contribution in [3.05, 3.63) is 28.0 Å². The lowest BCUT2D eigenvalue weighted by atomic mass is 9.92. The van der Waals surface area contributed by atoms with Gasteiger partial charge in [0.1, 0.15) is 11.6 Å². The van der Waals surface area contributed by atoms with E-state index in [1.807, 2.05) is 6.07 Å². The summed E-state index contributed by atoms with van der Waals surface area (Å²) in [5.74, 6) is -1.51. The van der Waals surface area contributed by atoms with Crippen molar-refractivity contribution in [3.63, 3.8) is 0 Å². The maximum atomic E-state index is 14.4. The monoisotopic (exact) mass is 340 g/mol. The number of halogens is 2. The molecule has 4 nitrogen and oxygen atoms in total. The third kappa shape index (κ3) is 2.06. The van der Waals surface area contributed by atoms with Crippen LogP contribution in [-0.2, 0) is 4.79 Å². The fourth-order valence-electron chi connectivity index (χ4n) is 2.80. The molecule has 0 aromatic heterocycles. The van der Waals surface area contributed by atoms with Crippen molar-refractivity contribution >= 4 is 27.6 Å². The Balaban J connectivity index is 2.54. The molecule has 1 aliphatic rings. The van der Waals surface area contributed by atoms with E-state index in [0.29, 0.717) is 25.8 Å². The van der Waals surface area contributed by atoms with Gasteiger partial charge in [-0.05, 0) is 47.3 Å². The van der Waals surface area contributed by atoms with Gasteiger partial charge in [-0.15, -0.1) is 0 Å². The van der Waals surface area contributed by atoms with Gasteiger partial charge in [0.15, 0.2) is 5.82 Å². The Bertz CT molecular complexity index is 600. The molecule has 0 saturated carbocycles. The molecule has 1 atom stereocenters. The van der Waals surface area contributed by atoms with Crippen LogP contribution in [-0.4, -0.2) is 23.2 Å². The largest absolute Gasteiger partial charge is 0.479 e. The van der Waals surface area contributed by atoms with Gasteiger partial charge in [0.25, 0.3) is 0 Å². The summed E-state index contributed by atoms with van der Waals surface area (Å²) < 4.78 is 14.5. The Morgan fingerprint density at radius 2 is 2.35 bits per heavy atom. The van der Waals surface area contributed by atoms with Crippen molar-refractivity contribution in [1.82, 2.24) is 0 Å². The number of nitriles is 1. The van der Waals surface area contributed by atoms with Crippen molar-refractivity contribution in [3.8, 4) is 6.07 Å². The van der Waals surface area contributed by atoms with Crippen molar-refractivity contribution in [2.75, 3.05) is 11.4 Å². The Kier molecular flexibility index (Phi) is 4.00. The average Bonchev–Trinajstić information content (AvgIpc) is 2.86. The van der Waals surface area contributed by atoms with E-state index in [1.165, 1.54) is 12.1 Å². The first kappa shape index (κ1) is 14.8. The van der Waals surface area contributed by atoms with E-state index in [-0.39, 0.29) is 15.7 Å². The molecule has 1 aromatic carbocycles. The molecule has 106 valence electrons. The second-order valence-electron chi connectivity index (χ2n) is 4.82. The molecule has 2 rings (SSSR count). The lowest BCUT2D eigenvalue weighted by Gasteiger charge is -2.36. The number of hydrogen-bond donors (Lipinski definition) is 1. The third-order valence-corrected chi connectivity index (χ3v) is 4.72. The molecule has 6 heteroatoms. The smallest absolute Gasteiger partial charge is 0.329 e. The molecule has 20 heavy (non-hydrogen) atoms. The van der Waals surface area contributed by atoms with Crippen molar-refractivity contribution in [2.45, 2.75) is 31.7 Å². The maximum Gasteiger partial charge on any atom is 0.329 e. The van der Waals surface area contributed by atoms with Gasteiger partial charge in [-0.3, -0.25) is 0 Å². The summed E-state index contributed by atoms with van der Waals surface area (Å²) >= 11 is 3.06. The Morgan fingerprint density at radius 1 is 1.65 bits per heavy atom. The van der Waals surface area contributed by atoms with Gasteiger partial charge >= 0.3 is 5.97 Å². The van der Waals surface area contributed by atoms with Gasteiger partial charge in [0.05, 0.1) is 15.7 Å². The lowest BCUT2D eigenvalue weighted by Crippen LogP contribution is -2.50. The number of anilines is 1. The van der Waals surface area contributed by atoms with Crippen LogP contribution in [0.4, 0.5) is 10.1 Å². The standard InChI is InChI=1S/C14H14BrFN2O2/c1-2-14(13(19)20)6-3-7-18(14)10-5-4-9(8-17)11(15)12(10)16/h4-5H,2-3,6-7H2,1H3,(H,19,20). The molecule has 1 aliphatic heterocycles. The fourth-order valence-corrected chi connectivity index (χ4v) is 3.23. The van der Waals surface area contributed by atoms with E-state index in [9.17, 15) is 14.3 Å². The molecule has 0 bridgehead atoms. The van der Waals surface area contributed by atoms with Crippen LogP contribution in [0.15, 0.2) is 16.6 Å². The predicted molar refractivity (Wildman–Crippen MR) is 76.1 cm³/mol. The summed E-state index contributed by atoms with van der Waals surface area (Å²) in [4.78, 5) is 13.2. The topological polar surface area (TPSA) is 64.3 Å². The van der Waals surface area contributed by atoms with Gasteiger partial charge in [-0.2, -0.15) is 5.26 Å². The minimum Gasteiger partial charge on any atom is -0.479 e. The Morgan fingerprint density at radius 3 is 2.90 bits per heavy atom. The van der Waals surface area contributed by atoms with Gasteiger partial charge in [0.2, 0.25) is 0 Å². The first-order valence-corrected chi connectivity index (χ1v) is 7.16. The number of carbonyl (C=O) groups is 1. The van der Waals surface area contributed by atoms with Crippen LogP contribution in [0.25, 0.3) is 0 Å². The van der Waals surface area contributed by atoms with Gasteiger partial charge in [0, 0.05) is 6.54 Å². The summed E-state index contributed by atoms with van der Waals surface area (Å²) in [7, 11) is 0. The van der Waals surface area contributed by atoms with Gasteiger partial charge < -0.3 is 10.0 Å². The Hall–Kier alpha value is -1.61. The number of benzene rings is 1. The summed E-state index contributed by atoms with van der Waals surface area (Å²) in [5, 5.41) is 18.4. The number of carboxylic acid groups (broad SMARTS) is 1. The normalized spacial score (nSPS) is 21.8. The SMILES string of the molecule is CCC1(C(=O)O)CCCN1c1ccc(C#N)c(Br)c1F. The van der Waals surface area contributed by atoms with Gasteiger partial charge in [-0.1, -0.05) is 6.92 Å². The van der Waals surface area contributed by atoms with Crippen LogP contribution >= 0.6 is 15.9 Å². The molecule has 1 aromatic rings. The first-order chi connectivity index (χ1) is 9.47. The lowest BCUT2D eigenvalue weighted by molar-refractivity contribution is -0.143. The van der Waals surface area contributed by atoms with Crippen LogP contribution in [0.1, 0.15) is 31.7 Å². The second kappa shape index (κ2) is 5.41. The number of carboxylic acids is 1. The fraction of sp³-hybridized carbons (Fsp3) is 0.429. The summed E-state index contributed by atoms with van der Waals surface area (Å²) in [6.45, 7) is 2.29. The number of nitrogens with zero attached hydrogens (tertiary/aromatic N) is 2. The van der Waals surface area contributed by atoms with Crippen molar-refractivity contribution in [2.24, 2.45) is 0 Å². The van der Waals surface area contributed by atoms with E-state index < -0.39 is 17.3 Å². The van der Waals surface area contributed by atoms with E-state index in [4.69, 9.17) is 5.26 Å². The second-order valence-corrected chi connectivity index (χ2v) is 5.61.